The van der Waals surface area contributed by atoms with E-state index in [0.717, 1.165) is 28.2 Å². The molecule has 184 valence electrons. The topological polar surface area (TPSA) is 40.5 Å². The summed E-state index contributed by atoms with van der Waals surface area (Å²) in [7, 11) is 0. The normalized spacial score (nSPS) is 11.1. The molecule has 0 aliphatic rings. The Kier molecular flexibility index (Phi) is 5.89. The number of hydrogen-bond acceptors (Lipinski definition) is 2. The summed E-state index contributed by atoms with van der Waals surface area (Å²) in [4.78, 5) is 13.6. The zero-order valence-corrected chi connectivity index (χ0v) is 21.3. The largest absolute Gasteiger partial charge is 0.478 e. The molecule has 0 atom stereocenters. The number of aromatic carboxylic acids is 1. The van der Waals surface area contributed by atoms with Gasteiger partial charge in [0.25, 0.3) is 0 Å². The monoisotopic (exact) mass is 493 g/mol. The number of benzene rings is 6. The molecule has 0 fully saturated rings. The molecule has 3 nitrogen and oxygen atoms in total. The zero-order chi connectivity index (χ0) is 26.2. The van der Waals surface area contributed by atoms with E-state index in [0.29, 0.717) is 0 Å². The second-order valence-electron chi connectivity index (χ2n) is 9.75. The van der Waals surface area contributed by atoms with Crippen LogP contribution in [0.25, 0.3) is 32.7 Å². The summed E-state index contributed by atoms with van der Waals surface area (Å²) < 4.78 is 0. The van der Waals surface area contributed by atoms with Crippen LogP contribution >= 0.6 is 0 Å². The second kappa shape index (κ2) is 9.53. The molecule has 0 spiro atoms. The van der Waals surface area contributed by atoms with E-state index in [-0.39, 0.29) is 5.56 Å². The van der Waals surface area contributed by atoms with Crippen molar-refractivity contribution < 1.29 is 9.90 Å². The lowest BCUT2D eigenvalue weighted by atomic mass is 10.0. The highest BCUT2D eigenvalue weighted by Crippen LogP contribution is 2.41. The molecule has 6 aromatic rings. The molecule has 0 aliphatic heterocycles. The molecule has 0 bridgehead atoms. The number of hydrogen-bond donors (Lipinski definition) is 1. The SMILES string of the molecule is Cc1cc(N(c2ccc(-c3ccc(C(=O)O)cc3)cc2)c2ccc3c(C)cccc3c2)c2ccccc2c1. The van der Waals surface area contributed by atoms with Gasteiger partial charge < -0.3 is 10.0 Å². The second-order valence-corrected chi connectivity index (χ2v) is 9.75. The Morgan fingerprint density at radius 3 is 1.97 bits per heavy atom. The van der Waals surface area contributed by atoms with E-state index in [9.17, 15) is 9.90 Å². The Hall–Kier alpha value is -4.89. The number of aryl methyl sites for hydroxylation is 2. The number of rotatable bonds is 5. The molecule has 0 aliphatic carbocycles. The van der Waals surface area contributed by atoms with Gasteiger partial charge in [0.2, 0.25) is 0 Å². The summed E-state index contributed by atoms with van der Waals surface area (Å²) in [5.41, 5.74) is 8.05. The van der Waals surface area contributed by atoms with Crippen LogP contribution in [0, 0.1) is 13.8 Å². The van der Waals surface area contributed by atoms with Crippen molar-refractivity contribution in [3.63, 3.8) is 0 Å². The van der Waals surface area contributed by atoms with Gasteiger partial charge in [0, 0.05) is 16.8 Å². The minimum atomic E-state index is -0.918. The third-order valence-electron chi connectivity index (χ3n) is 7.16. The molecule has 0 saturated heterocycles. The lowest BCUT2D eigenvalue weighted by molar-refractivity contribution is 0.0697. The summed E-state index contributed by atoms with van der Waals surface area (Å²) in [6.07, 6.45) is 0. The standard InChI is InChI=1S/C35H27NO2/c1-23-20-28-7-3-4-9-33(28)34(21-23)36(31-18-19-32-24(2)6-5-8-29(32)22-31)30-16-14-26(15-17-30)25-10-12-27(13-11-25)35(37)38/h3-22H,1-2H3,(H,37,38). The Labute approximate surface area is 222 Å². The van der Waals surface area contributed by atoms with Crippen LogP contribution in [0.3, 0.4) is 0 Å². The Morgan fingerprint density at radius 1 is 0.605 bits per heavy atom. The summed E-state index contributed by atoms with van der Waals surface area (Å²) in [6, 6.07) is 41.6. The molecule has 0 saturated carbocycles. The lowest BCUT2D eigenvalue weighted by Crippen LogP contribution is -2.11. The van der Waals surface area contributed by atoms with Gasteiger partial charge in [0.1, 0.15) is 0 Å². The maximum absolute atomic E-state index is 11.2. The Bertz CT molecular complexity index is 1800. The quantitative estimate of drug-likeness (QED) is 0.260. The fourth-order valence-electron chi connectivity index (χ4n) is 5.23. The highest BCUT2D eigenvalue weighted by Gasteiger charge is 2.17. The highest BCUT2D eigenvalue weighted by atomic mass is 16.4. The van der Waals surface area contributed by atoms with E-state index in [1.807, 2.05) is 12.1 Å². The average Bonchev–Trinajstić information content (AvgIpc) is 2.94. The summed E-state index contributed by atoms with van der Waals surface area (Å²) in [5, 5.41) is 14.1. The smallest absolute Gasteiger partial charge is 0.335 e. The van der Waals surface area contributed by atoms with Crippen molar-refractivity contribution in [1.82, 2.24) is 0 Å². The fourth-order valence-corrected chi connectivity index (χ4v) is 5.23. The molecule has 0 unspecified atom stereocenters. The first-order chi connectivity index (χ1) is 18.5. The number of carboxylic acid groups (broad SMARTS) is 1. The summed E-state index contributed by atoms with van der Waals surface area (Å²) in [5.74, 6) is -0.918. The van der Waals surface area contributed by atoms with Crippen molar-refractivity contribution >= 4 is 44.6 Å². The maximum Gasteiger partial charge on any atom is 0.335 e. The molecule has 0 radical (unpaired) electrons. The predicted octanol–water partition coefficient (Wildman–Crippen LogP) is 9.44. The van der Waals surface area contributed by atoms with Crippen LogP contribution in [0.1, 0.15) is 21.5 Å². The van der Waals surface area contributed by atoms with Crippen LogP contribution in [0.4, 0.5) is 17.1 Å². The average molecular weight is 494 g/mol. The van der Waals surface area contributed by atoms with Crippen molar-refractivity contribution in [2.24, 2.45) is 0 Å². The minimum Gasteiger partial charge on any atom is -0.478 e. The van der Waals surface area contributed by atoms with Gasteiger partial charge in [0.05, 0.1) is 11.3 Å². The third-order valence-corrected chi connectivity index (χ3v) is 7.16. The van der Waals surface area contributed by atoms with Gasteiger partial charge >= 0.3 is 5.97 Å². The van der Waals surface area contributed by atoms with Gasteiger partial charge in [-0.2, -0.15) is 0 Å². The fraction of sp³-hybridized carbons (Fsp3) is 0.0571. The van der Waals surface area contributed by atoms with Crippen LogP contribution in [-0.4, -0.2) is 11.1 Å². The van der Waals surface area contributed by atoms with Gasteiger partial charge in [-0.1, -0.05) is 78.9 Å². The van der Waals surface area contributed by atoms with Crippen molar-refractivity contribution in [2.45, 2.75) is 13.8 Å². The first-order valence-electron chi connectivity index (χ1n) is 12.7. The van der Waals surface area contributed by atoms with Crippen molar-refractivity contribution in [3.8, 4) is 11.1 Å². The van der Waals surface area contributed by atoms with E-state index in [1.54, 1.807) is 12.1 Å². The van der Waals surface area contributed by atoms with Gasteiger partial charge in [-0.15, -0.1) is 0 Å². The molecule has 6 aromatic carbocycles. The number of anilines is 3. The minimum absolute atomic E-state index is 0.286. The van der Waals surface area contributed by atoms with E-state index in [1.165, 1.54) is 32.7 Å². The van der Waals surface area contributed by atoms with Crippen molar-refractivity contribution in [2.75, 3.05) is 4.90 Å². The molecular weight excluding hydrogens is 466 g/mol. The Balaban J connectivity index is 1.51. The van der Waals surface area contributed by atoms with E-state index in [4.69, 9.17) is 0 Å². The maximum atomic E-state index is 11.2. The zero-order valence-electron chi connectivity index (χ0n) is 21.3. The number of carbonyl (C=O) groups is 1. The van der Waals surface area contributed by atoms with Crippen LogP contribution in [0.15, 0.2) is 121 Å². The number of nitrogens with zero attached hydrogens (tertiary/aromatic N) is 1. The van der Waals surface area contributed by atoms with Crippen LogP contribution in [0.5, 0.6) is 0 Å². The van der Waals surface area contributed by atoms with Crippen LogP contribution in [-0.2, 0) is 0 Å². The molecule has 3 heteroatoms. The summed E-state index contributed by atoms with van der Waals surface area (Å²) >= 11 is 0. The van der Waals surface area contributed by atoms with Crippen LogP contribution < -0.4 is 4.90 Å². The van der Waals surface area contributed by atoms with E-state index < -0.39 is 5.97 Å². The molecule has 38 heavy (non-hydrogen) atoms. The Morgan fingerprint density at radius 2 is 1.24 bits per heavy atom. The van der Waals surface area contributed by atoms with E-state index in [2.05, 4.69) is 116 Å². The number of fused-ring (bicyclic) bond motifs is 2. The molecular formula is C35H27NO2. The first kappa shape index (κ1) is 23.5. The first-order valence-corrected chi connectivity index (χ1v) is 12.7. The molecule has 0 aromatic heterocycles. The van der Waals surface area contributed by atoms with Crippen molar-refractivity contribution in [3.05, 3.63) is 138 Å². The molecule has 1 N–H and O–H groups in total. The number of carboxylic acids is 1. The molecule has 0 amide bonds. The van der Waals surface area contributed by atoms with Gasteiger partial charge in [-0.3, -0.25) is 0 Å². The third kappa shape index (κ3) is 4.29. The highest BCUT2D eigenvalue weighted by molar-refractivity contribution is 6.01. The van der Waals surface area contributed by atoms with Gasteiger partial charge in [-0.25, -0.2) is 4.79 Å². The molecule has 6 rings (SSSR count). The lowest BCUT2D eigenvalue weighted by Gasteiger charge is -2.28. The van der Waals surface area contributed by atoms with E-state index >= 15 is 0 Å². The summed E-state index contributed by atoms with van der Waals surface area (Å²) in [6.45, 7) is 4.29. The van der Waals surface area contributed by atoms with Crippen LogP contribution in [0.2, 0.25) is 0 Å². The molecule has 0 heterocycles. The predicted molar refractivity (Wildman–Crippen MR) is 158 cm³/mol. The van der Waals surface area contributed by atoms with Gasteiger partial charge in [-0.05, 0) is 94.7 Å². The van der Waals surface area contributed by atoms with Crippen molar-refractivity contribution in [1.29, 1.82) is 0 Å². The van der Waals surface area contributed by atoms with Gasteiger partial charge in [0.15, 0.2) is 0 Å².